The molecule has 2 bridgehead atoms. The van der Waals surface area contributed by atoms with Gasteiger partial charge in [0, 0.05) is 32.1 Å². The Labute approximate surface area is 145 Å². The van der Waals surface area contributed by atoms with Crippen molar-refractivity contribution in [1.82, 2.24) is 10.2 Å². The first-order valence-electron chi connectivity index (χ1n) is 8.27. The number of piperidine rings is 1. The Kier molecular flexibility index (Phi) is 6.31. The minimum absolute atomic E-state index is 0. The summed E-state index contributed by atoms with van der Waals surface area (Å²) in [5.74, 6) is 1.65. The zero-order valence-electron chi connectivity index (χ0n) is 14.0. The Balaban J connectivity index is 0.00000192. The highest BCUT2D eigenvalue weighted by molar-refractivity contribution is 5.85. The SMILES string of the molecule is COc1cccc(CN(C)C(=O)CC2CC3CCC(C2)N3)c1.Cl. The molecule has 1 aromatic rings. The quantitative estimate of drug-likeness (QED) is 0.897. The first-order valence-corrected chi connectivity index (χ1v) is 8.27. The summed E-state index contributed by atoms with van der Waals surface area (Å²) >= 11 is 0. The maximum atomic E-state index is 12.5. The van der Waals surface area contributed by atoms with Crippen LogP contribution in [0, 0.1) is 5.92 Å². The molecule has 2 aliphatic heterocycles. The van der Waals surface area contributed by atoms with Crippen LogP contribution in [0.15, 0.2) is 24.3 Å². The third kappa shape index (κ3) is 4.61. The maximum absolute atomic E-state index is 12.5. The lowest BCUT2D eigenvalue weighted by molar-refractivity contribution is -0.131. The molecular weight excluding hydrogens is 312 g/mol. The molecule has 2 saturated heterocycles. The number of carbonyl (C=O) groups excluding carboxylic acids is 1. The van der Waals surface area contributed by atoms with E-state index < -0.39 is 0 Å². The molecule has 1 N–H and O–H groups in total. The fourth-order valence-electron chi connectivity index (χ4n) is 3.88. The van der Waals surface area contributed by atoms with Crippen molar-refractivity contribution < 1.29 is 9.53 Å². The van der Waals surface area contributed by atoms with E-state index in [-0.39, 0.29) is 18.3 Å². The molecule has 0 aromatic heterocycles. The van der Waals surface area contributed by atoms with Crippen molar-refractivity contribution >= 4 is 18.3 Å². The third-order valence-electron chi connectivity index (χ3n) is 5.01. The van der Waals surface area contributed by atoms with Gasteiger partial charge in [0.25, 0.3) is 0 Å². The number of carbonyl (C=O) groups is 1. The number of ether oxygens (including phenoxy) is 1. The number of benzene rings is 1. The lowest BCUT2D eigenvalue weighted by atomic mass is 9.89. The number of fused-ring (bicyclic) bond motifs is 2. The van der Waals surface area contributed by atoms with Gasteiger partial charge in [-0.15, -0.1) is 12.4 Å². The third-order valence-corrected chi connectivity index (χ3v) is 5.01. The van der Waals surface area contributed by atoms with E-state index in [1.807, 2.05) is 36.2 Å². The number of methoxy groups -OCH3 is 1. The van der Waals surface area contributed by atoms with Crippen LogP contribution < -0.4 is 10.1 Å². The average Bonchev–Trinajstić information content (AvgIpc) is 2.86. The van der Waals surface area contributed by atoms with Crippen molar-refractivity contribution in [1.29, 1.82) is 0 Å². The average molecular weight is 339 g/mol. The Bertz CT molecular complexity index is 526. The van der Waals surface area contributed by atoms with Crippen LogP contribution in [-0.2, 0) is 11.3 Å². The Hall–Kier alpha value is -1.26. The maximum Gasteiger partial charge on any atom is 0.222 e. The van der Waals surface area contributed by atoms with Crippen LogP contribution in [0.25, 0.3) is 0 Å². The molecule has 1 amide bonds. The molecular formula is C18H27ClN2O2. The van der Waals surface area contributed by atoms with Gasteiger partial charge in [-0.25, -0.2) is 0 Å². The molecule has 2 aliphatic rings. The summed E-state index contributed by atoms with van der Waals surface area (Å²) in [7, 11) is 3.57. The van der Waals surface area contributed by atoms with Gasteiger partial charge in [-0.3, -0.25) is 4.79 Å². The van der Waals surface area contributed by atoms with Crippen LogP contribution in [0.5, 0.6) is 5.75 Å². The van der Waals surface area contributed by atoms with Gasteiger partial charge < -0.3 is 15.0 Å². The zero-order chi connectivity index (χ0) is 15.5. The summed E-state index contributed by atoms with van der Waals surface area (Å²) in [4.78, 5) is 14.3. The normalized spacial score (nSPS) is 25.6. The smallest absolute Gasteiger partial charge is 0.222 e. The van der Waals surface area contributed by atoms with Gasteiger partial charge in [-0.1, -0.05) is 12.1 Å². The number of amides is 1. The second-order valence-corrected chi connectivity index (χ2v) is 6.78. The first kappa shape index (κ1) is 18.1. The fourth-order valence-corrected chi connectivity index (χ4v) is 3.88. The number of hydrogen-bond donors (Lipinski definition) is 1. The first-order chi connectivity index (χ1) is 10.6. The summed E-state index contributed by atoms with van der Waals surface area (Å²) in [5.41, 5.74) is 1.11. The molecule has 2 heterocycles. The highest BCUT2D eigenvalue weighted by atomic mass is 35.5. The van der Waals surface area contributed by atoms with Crippen molar-refractivity contribution in [3.63, 3.8) is 0 Å². The van der Waals surface area contributed by atoms with E-state index in [9.17, 15) is 4.79 Å². The molecule has 0 spiro atoms. The van der Waals surface area contributed by atoms with E-state index in [2.05, 4.69) is 5.32 Å². The van der Waals surface area contributed by atoms with E-state index >= 15 is 0 Å². The van der Waals surface area contributed by atoms with Gasteiger partial charge in [0.15, 0.2) is 0 Å². The largest absolute Gasteiger partial charge is 0.497 e. The van der Waals surface area contributed by atoms with Crippen LogP contribution in [0.4, 0.5) is 0 Å². The van der Waals surface area contributed by atoms with Crippen molar-refractivity contribution in [2.24, 2.45) is 5.92 Å². The van der Waals surface area contributed by atoms with E-state index in [1.165, 1.54) is 12.8 Å². The molecule has 0 radical (unpaired) electrons. The summed E-state index contributed by atoms with van der Waals surface area (Å²) in [6.45, 7) is 0.647. The standard InChI is InChI=1S/C18H26N2O2.ClH/c1-20(12-13-4-3-5-17(10-13)22-2)18(21)11-14-8-15-6-7-16(9-14)19-15;/h3-5,10,14-16,19H,6-9,11-12H2,1-2H3;1H. The van der Waals surface area contributed by atoms with Gasteiger partial charge in [0.1, 0.15) is 5.75 Å². The second-order valence-electron chi connectivity index (χ2n) is 6.78. The minimum atomic E-state index is 0. The number of nitrogens with zero attached hydrogens (tertiary/aromatic N) is 1. The lowest BCUT2D eigenvalue weighted by Gasteiger charge is -2.30. The Morgan fingerprint density at radius 2 is 2.00 bits per heavy atom. The molecule has 2 atom stereocenters. The van der Waals surface area contributed by atoms with Gasteiger partial charge in [0.2, 0.25) is 5.91 Å². The second kappa shape index (κ2) is 8.02. The lowest BCUT2D eigenvalue weighted by Crippen LogP contribution is -2.39. The van der Waals surface area contributed by atoms with E-state index in [4.69, 9.17) is 4.74 Å². The number of nitrogens with one attached hydrogen (secondary N) is 1. The molecule has 0 aliphatic carbocycles. The van der Waals surface area contributed by atoms with E-state index in [0.717, 1.165) is 24.2 Å². The predicted molar refractivity (Wildman–Crippen MR) is 94.0 cm³/mol. The van der Waals surface area contributed by atoms with Crippen LogP contribution in [0.2, 0.25) is 0 Å². The Morgan fingerprint density at radius 1 is 1.30 bits per heavy atom. The summed E-state index contributed by atoms with van der Waals surface area (Å²) < 4.78 is 5.24. The molecule has 1 aromatic carbocycles. The van der Waals surface area contributed by atoms with Crippen molar-refractivity contribution in [3.05, 3.63) is 29.8 Å². The van der Waals surface area contributed by atoms with Crippen molar-refractivity contribution in [3.8, 4) is 5.75 Å². The van der Waals surface area contributed by atoms with Crippen molar-refractivity contribution in [2.45, 2.75) is 50.7 Å². The molecule has 3 rings (SSSR count). The van der Waals surface area contributed by atoms with Crippen LogP contribution >= 0.6 is 12.4 Å². The molecule has 2 unspecified atom stereocenters. The fraction of sp³-hybridized carbons (Fsp3) is 0.611. The predicted octanol–water partition coefficient (Wildman–Crippen LogP) is 3.00. The monoisotopic (exact) mass is 338 g/mol. The highest BCUT2D eigenvalue weighted by Gasteiger charge is 2.34. The van der Waals surface area contributed by atoms with Crippen LogP contribution in [-0.4, -0.2) is 37.0 Å². The topological polar surface area (TPSA) is 41.6 Å². The molecule has 5 heteroatoms. The molecule has 4 nitrogen and oxygen atoms in total. The van der Waals surface area contributed by atoms with Crippen LogP contribution in [0.3, 0.4) is 0 Å². The van der Waals surface area contributed by atoms with Gasteiger partial charge in [0.05, 0.1) is 7.11 Å². The number of hydrogen-bond acceptors (Lipinski definition) is 3. The number of rotatable bonds is 5. The van der Waals surface area contributed by atoms with E-state index in [1.54, 1.807) is 7.11 Å². The number of halogens is 1. The van der Waals surface area contributed by atoms with Crippen LogP contribution in [0.1, 0.15) is 37.7 Å². The van der Waals surface area contributed by atoms with Gasteiger partial charge in [-0.05, 0) is 49.3 Å². The minimum Gasteiger partial charge on any atom is -0.497 e. The summed E-state index contributed by atoms with van der Waals surface area (Å²) in [6.07, 6.45) is 5.59. The summed E-state index contributed by atoms with van der Waals surface area (Å²) in [5, 5.41) is 3.64. The summed E-state index contributed by atoms with van der Waals surface area (Å²) in [6, 6.07) is 9.24. The van der Waals surface area contributed by atoms with E-state index in [0.29, 0.717) is 31.0 Å². The Morgan fingerprint density at radius 3 is 2.65 bits per heavy atom. The van der Waals surface area contributed by atoms with Gasteiger partial charge in [-0.2, -0.15) is 0 Å². The van der Waals surface area contributed by atoms with Crippen molar-refractivity contribution in [2.75, 3.05) is 14.2 Å². The molecule has 23 heavy (non-hydrogen) atoms. The molecule has 2 fully saturated rings. The zero-order valence-corrected chi connectivity index (χ0v) is 14.8. The van der Waals surface area contributed by atoms with Gasteiger partial charge >= 0.3 is 0 Å². The molecule has 0 saturated carbocycles. The molecule has 128 valence electrons. The highest BCUT2D eigenvalue weighted by Crippen LogP contribution is 2.33.